The maximum absolute atomic E-state index is 6.41. The Hall–Kier alpha value is -0.870. The van der Waals surface area contributed by atoms with Gasteiger partial charge in [-0.3, -0.25) is 0 Å². The average molecular weight is 308 g/mol. The molecule has 0 aliphatic heterocycles. The van der Waals surface area contributed by atoms with Crippen LogP contribution >= 0.6 is 15.9 Å². The van der Waals surface area contributed by atoms with E-state index in [9.17, 15) is 0 Å². The lowest BCUT2D eigenvalue weighted by molar-refractivity contribution is 0.428. The fourth-order valence-electron chi connectivity index (χ4n) is 2.97. The molecule has 1 heterocycles. The highest BCUT2D eigenvalue weighted by Crippen LogP contribution is 2.30. The second kappa shape index (κ2) is 4.35. The molecule has 0 atom stereocenters. The summed E-state index contributed by atoms with van der Waals surface area (Å²) in [6, 6.07) is 4.18. The molecule has 1 saturated carbocycles. The summed E-state index contributed by atoms with van der Waals surface area (Å²) in [4.78, 5) is 8.11. The predicted molar refractivity (Wildman–Crippen MR) is 77.6 cm³/mol. The topological polar surface area (TPSA) is 54.7 Å². The molecule has 0 radical (unpaired) electrons. The van der Waals surface area contributed by atoms with Crippen LogP contribution in [-0.4, -0.2) is 15.5 Å². The van der Waals surface area contributed by atoms with Crippen LogP contribution in [0.2, 0.25) is 0 Å². The average Bonchev–Trinajstić information content (AvgIpc) is 2.85. The van der Waals surface area contributed by atoms with E-state index in [2.05, 4.69) is 40.0 Å². The summed E-state index contributed by atoms with van der Waals surface area (Å²) < 4.78 is 1.09. The number of nitrogens with zero attached hydrogens (tertiary/aromatic N) is 1. The van der Waals surface area contributed by atoms with Crippen molar-refractivity contribution in [1.29, 1.82) is 0 Å². The van der Waals surface area contributed by atoms with Gasteiger partial charge in [-0.25, -0.2) is 4.98 Å². The molecule has 0 spiro atoms. The van der Waals surface area contributed by atoms with Crippen LogP contribution in [0, 0.1) is 6.92 Å². The molecule has 1 aromatic carbocycles. The summed E-state index contributed by atoms with van der Waals surface area (Å²) in [5.74, 6) is 1.02. The molecule has 1 fully saturated rings. The van der Waals surface area contributed by atoms with E-state index in [1.165, 1.54) is 18.4 Å². The molecule has 3 rings (SSSR count). The molecule has 96 valence electrons. The molecule has 3 nitrogen and oxygen atoms in total. The Morgan fingerprint density at radius 2 is 2.11 bits per heavy atom. The van der Waals surface area contributed by atoms with Gasteiger partial charge < -0.3 is 10.7 Å². The smallest absolute Gasteiger partial charge is 0.109 e. The van der Waals surface area contributed by atoms with E-state index in [0.717, 1.165) is 40.6 Å². The van der Waals surface area contributed by atoms with Crippen LogP contribution < -0.4 is 5.73 Å². The van der Waals surface area contributed by atoms with E-state index >= 15 is 0 Å². The molecule has 0 bridgehead atoms. The number of imidazole rings is 1. The van der Waals surface area contributed by atoms with Crippen molar-refractivity contribution in [2.45, 2.75) is 44.6 Å². The van der Waals surface area contributed by atoms with Crippen molar-refractivity contribution in [1.82, 2.24) is 9.97 Å². The number of fused-ring (bicyclic) bond motifs is 1. The molecular weight excluding hydrogens is 290 g/mol. The summed E-state index contributed by atoms with van der Waals surface area (Å²) in [6.07, 6.45) is 5.60. The summed E-state index contributed by atoms with van der Waals surface area (Å²) in [7, 11) is 0. The molecule has 1 aliphatic rings. The van der Waals surface area contributed by atoms with Gasteiger partial charge >= 0.3 is 0 Å². The van der Waals surface area contributed by atoms with Crippen molar-refractivity contribution in [3.8, 4) is 0 Å². The number of benzene rings is 1. The fraction of sp³-hybridized carbons (Fsp3) is 0.500. The van der Waals surface area contributed by atoms with Gasteiger partial charge in [0.15, 0.2) is 0 Å². The van der Waals surface area contributed by atoms with Crippen LogP contribution in [0.15, 0.2) is 16.6 Å². The van der Waals surface area contributed by atoms with Crippen LogP contribution in [-0.2, 0) is 6.42 Å². The van der Waals surface area contributed by atoms with Crippen molar-refractivity contribution in [2.75, 3.05) is 0 Å². The number of aromatic nitrogens is 2. The third-order valence-corrected chi connectivity index (χ3v) is 4.37. The summed E-state index contributed by atoms with van der Waals surface area (Å²) in [6.45, 7) is 2.09. The second-order valence-corrected chi connectivity index (χ2v) is 6.46. The van der Waals surface area contributed by atoms with Crippen molar-refractivity contribution >= 4 is 27.0 Å². The van der Waals surface area contributed by atoms with Gasteiger partial charge in [-0.05, 0) is 37.5 Å². The van der Waals surface area contributed by atoms with Gasteiger partial charge in [-0.2, -0.15) is 0 Å². The monoisotopic (exact) mass is 307 g/mol. The minimum absolute atomic E-state index is 0.0426. The largest absolute Gasteiger partial charge is 0.342 e. The lowest BCUT2D eigenvalue weighted by Crippen LogP contribution is -2.39. The first kappa shape index (κ1) is 12.2. The van der Waals surface area contributed by atoms with Gasteiger partial charge in [0.05, 0.1) is 11.0 Å². The fourth-order valence-corrected chi connectivity index (χ4v) is 3.54. The first-order valence-electron chi connectivity index (χ1n) is 6.49. The third kappa shape index (κ3) is 2.19. The molecule has 3 N–H and O–H groups in total. The van der Waals surface area contributed by atoms with E-state index in [4.69, 9.17) is 10.7 Å². The summed E-state index contributed by atoms with van der Waals surface area (Å²) in [5, 5.41) is 0. The number of hydrogen-bond acceptors (Lipinski definition) is 2. The minimum atomic E-state index is -0.0426. The molecule has 18 heavy (non-hydrogen) atoms. The zero-order chi connectivity index (χ0) is 12.8. The Morgan fingerprint density at radius 1 is 1.39 bits per heavy atom. The Kier molecular flexibility index (Phi) is 2.94. The first-order chi connectivity index (χ1) is 8.56. The minimum Gasteiger partial charge on any atom is -0.342 e. The van der Waals surface area contributed by atoms with Gasteiger partial charge in [0.25, 0.3) is 0 Å². The second-order valence-electron chi connectivity index (χ2n) is 5.55. The van der Waals surface area contributed by atoms with E-state index in [-0.39, 0.29) is 5.54 Å². The van der Waals surface area contributed by atoms with Crippen molar-refractivity contribution < 1.29 is 0 Å². The summed E-state index contributed by atoms with van der Waals surface area (Å²) in [5.41, 5.74) is 9.72. The number of H-pyrrole nitrogens is 1. The van der Waals surface area contributed by atoms with Gasteiger partial charge in [0.1, 0.15) is 5.82 Å². The lowest BCUT2D eigenvalue weighted by atomic mass is 9.94. The third-order valence-electron chi connectivity index (χ3n) is 3.91. The molecule has 0 saturated heterocycles. The van der Waals surface area contributed by atoms with E-state index < -0.39 is 0 Å². The molecule has 4 heteroatoms. The zero-order valence-corrected chi connectivity index (χ0v) is 12.2. The molecule has 1 aromatic heterocycles. The summed E-state index contributed by atoms with van der Waals surface area (Å²) >= 11 is 3.52. The Labute approximate surface area is 115 Å². The van der Waals surface area contributed by atoms with Crippen LogP contribution in [0.4, 0.5) is 0 Å². The standard InChI is InChI=1S/C14H18BrN3/c1-9-6-10(15)7-11-13(9)18-12(17-11)8-14(16)4-2-3-5-14/h6-7H,2-5,8,16H2,1H3,(H,17,18). The Morgan fingerprint density at radius 3 is 2.83 bits per heavy atom. The van der Waals surface area contributed by atoms with Gasteiger partial charge in [0.2, 0.25) is 0 Å². The van der Waals surface area contributed by atoms with E-state index in [1.807, 2.05) is 0 Å². The number of nitrogens with one attached hydrogen (secondary N) is 1. The molecule has 2 aromatic rings. The predicted octanol–water partition coefficient (Wildman–Crippen LogP) is 3.45. The zero-order valence-electron chi connectivity index (χ0n) is 10.6. The number of rotatable bonds is 2. The molecule has 0 unspecified atom stereocenters. The highest BCUT2D eigenvalue weighted by molar-refractivity contribution is 9.10. The molecule has 1 aliphatic carbocycles. The lowest BCUT2D eigenvalue weighted by Gasteiger charge is -2.21. The van der Waals surface area contributed by atoms with Crippen LogP contribution in [0.1, 0.15) is 37.1 Å². The molecule has 0 amide bonds. The normalized spacial score (nSPS) is 18.6. The SMILES string of the molecule is Cc1cc(Br)cc2[nH]c(CC3(N)CCCC3)nc12. The van der Waals surface area contributed by atoms with Crippen LogP contribution in [0.5, 0.6) is 0 Å². The van der Waals surface area contributed by atoms with Gasteiger partial charge in [-0.15, -0.1) is 0 Å². The van der Waals surface area contributed by atoms with Crippen LogP contribution in [0.25, 0.3) is 11.0 Å². The highest BCUT2D eigenvalue weighted by Gasteiger charge is 2.30. The van der Waals surface area contributed by atoms with Crippen LogP contribution in [0.3, 0.4) is 0 Å². The van der Waals surface area contributed by atoms with Gasteiger partial charge in [0, 0.05) is 16.4 Å². The number of nitrogens with two attached hydrogens (primary N) is 1. The van der Waals surface area contributed by atoms with E-state index in [0.29, 0.717) is 0 Å². The van der Waals surface area contributed by atoms with Crippen molar-refractivity contribution in [3.63, 3.8) is 0 Å². The van der Waals surface area contributed by atoms with Crippen molar-refractivity contribution in [3.05, 3.63) is 28.0 Å². The quantitative estimate of drug-likeness (QED) is 0.893. The maximum Gasteiger partial charge on any atom is 0.109 e. The Balaban J connectivity index is 1.96. The highest BCUT2D eigenvalue weighted by atomic mass is 79.9. The number of halogens is 1. The van der Waals surface area contributed by atoms with E-state index in [1.54, 1.807) is 0 Å². The first-order valence-corrected chi connectivity index (χ1v) is 7.29. The Bertz CT molecular complexity index is 582. The number of aromatic amines is 1. The molecular formula is C14H18BrN3. The van der Waals surface area contributed by atoms with Crippen molar-refractivity contribution in [2.24, 2.45) is 5.73 Å². The number of aryl methyl sites for hydroxylation is 1. The van der Waals surface area contributed by atoms with Gasteiger partial charge in [-0.1, -0.05) is 28.8 Å². The maximum atomic E-state index is 6.41. The number of hydrogen-bond donors (Lipinski definition) is 2.